The monoisotopic (exact) mass is 214 g/mol. The Kier molecular flexibility index (Phi) is 4.40. The van der Waals surface area contributed by atoms with Gasteiger partial charge in [-0.1, -0.05) is 37.9 Å². The minimum atomic E-state index is -0.334. The molecule has 2 heteroatoms. The fourth-order valence-corrected chi connectivity index (χ4v) is 1.61. The Balaban J connectivity index is 2.47. The molecule has 14 heavy (non-hydrogen) atoms. The maximum Gasteiger partial charge on any atom is 0.141 e. The number of rotatable bonds is 4. The second-order valence-corrected chi connectivity index (χ2v) is 4.44. The molecule has 0 aliphatic rings. The van der Waals surface area contributed by atoms with E-state index in [-0.39, 0.29) is 10.8 Å². The van der Waals surface area contributed by atoms with Crippen LogP contribution in [0.5, 0.6) is 0 Å². The Bertz CT molecular complexity index is 294. The van der Waals surface area contributed by atoms with Gasteiger partial charge in [-0.15, -0.1) is 0 Å². The molecule has 0 fully saturated rings. The van der Waals surface area contributed by atoms with Crippen molar-refractivity contribution < 1.29 is 4.39 Å². The molecular formula is C12H16ClF. The van der Waals surface area contributed by atoms with E-state index < -0.39 is 0 Å². The van der Waals surface area contributed by atoms with Crippen LogP contribution < -0.4 is 0 Å². The van der Waals surface area contributed by atoms with Crippen molar-refractivity contribution in [1.29, 1.82) is 0 Å². The zero-order valence-electron chi connectivity index (χ0n) is 8.69. The summed E-state index contributed by atoms with van der Waals surface area (Å²) >= 11 is 5.68. The third-order valence-corrected chi connectivity index (χ3v) is 2.52. The summed E-state index contributed by atoms with van der Waals surface area (Å²) < 4.78 is 12.8. The fourth-order valence-electron chi connectivity index (χ4n) is 1.41. The van der Waals surface area contributed by atoms with E-state index in [1.807, 2.05) is 6.07 Å². The molecule has 0 aliphatic carbocycles. The van der Waals surface area contributed by atoms with Crippen molar-refractivity contribution in [2.45, 2.75) is 33.1 Å². The highest BCUT2D eigenvalue weighted by Crippen LogP contribution is 2.18. The van der Waals surface area contributed by atoms with Crippen molar-refractivity contribution in [3.05, 3.63) is 34.6 Å². The first kappa shape index (κ1) is 11.5. The highest BCUT2D eigenvalue weighted by Gasteiger charge is 2.01. The van der Waals surface area contributed by atoms with E-state index in [1.54, 1.807) is 6.07 Å². The van der Waals surface area contributed by atoms with Gasteiger partial charge >= 0.3 is 0 Å². The van der Waals surface area contributed by atoms with E-state index in [1.165, 1.54) is 12.5 Å². The molecule has 0 unspecified atom stereocenters. The van der Waals surface area contributed by atoms with Gasteiger partial charge in [0.25, 0.3) is 0 Å². The lowest BCUT2D eigenvalue weighted by Gasteiger charge is -2.05. The molecule has 0 saturated heterocycles. The van der Waals surface area contributed by atoms with E-state index in [2.05, 4.69) is 13.8 Å². The van der Waals surface area contributed by atoms with Crippen LogP contribution in [-0.4, -0.2) is 0 Å². The Morgan fingerprint density at radius 3 is 2.64 bits per heavy atom. The van der Waals surface area contributed by atoms with Gasteiger partial charge in [0.05, 0.1) is 5.02 Å². The molecule has 1 aromatic rings. The van der Waals surface area contributed by atoms with Gasteiger partial charge in [0.1, 0.15) is 5.82 Å². The van der Waals surface area contributed by atoms with Crippen LogP contribution in [0, 0.1) is 11.7 Å². The van der Waals surface area contributed by atoms with E-state index in [0.717, 1.165) is 24.3 Å². The number of hydrogen-bond acceptors (Lipinski definition) is 0. The molecular weight excluding hydrogens is 199 g/mol. The van der Waals surface area contributed by atoms with Crippen molar-refractivity contribution in [1.82, 2.24) is 0 Å². The summed E-state index contributed by atoms with van der Waals surface area (Å²) in [6.07, 6.45) is 3.33. The van der Waals surface area contributed by atoms with Gasteiger partial charge in [-0.25, -0.2) is 4.39 Å². The average molecular weight is 215 g/mol. The summed E-state index contributed by atoms with van der Waals surface area (Å²) in [5, 5.41) is 0.229. The van der Waals surface area contributed by atoms with Gasteiger partial charge in [0.15, 0.2) is 0 Å². The third-order valence-electron chi connectivity index (χ3n) is 2.23. The van der Waals surface area contributed by atoms with E-state index in [9.17, 15) is 4.39 Å². The number of hydrogen-bond donors (Lipinski definition) is 0. The molecule has 0 atom stereocenters. The van der Waals surface area contributed by atoms with E-state index in [0.29, 0.717) is 0 Å². The number of aryl methyl sites for hydroxylation is 1. The third kappa shape index (κ3) is 3.67. The van der Waals surface area contributed by atoms with E-state index >= 15 is 0 Å². The van der Waals surface area contributed by atoms with E-state index in [4.69, 9.17) is 11.6 Å². The summed E-state index contributed by atoms with van der Waals surface area (Å²) in [5.74, 6) is 0.394. The maximum atomic E-state index is 12.8. The zero-order valence-corrected chi connectivity index (χ0v) is 9.44. The second kappa shape index (κ2) is 5.35. The predicted molar refractivity (Wildman–Crippen MR) is 59.2 cm³/mol. The molecule has 1 rings (SSSR count). The smallest absolute Gasteiger partial charge is 0.141 e. The van der Waals surface area contributed by atoms with Gasteiger partial charge in [0.2, 0.25) is 0 Å². The first-order valence-electron chi connectivity index (χ1n) is 5.03. The first-order valence-corrected chi connectivity index (χ1v) is 5.41. The lowest BCUT2D eigenvalue weighted by atomic mass is 10.0. The number of benzene rings is 1. The van der Waals surface area contributed by atoms with Crippen molar-refractivity contribution in [3.63, 3.8) is 0 Å². The Morgan fingerprint density at radius 2 is 2.07 bits per heavy atom. The molecule has 0 aromatic heterocycles. The van der Waals surface area contributed by atoms with Crippen molar-refractivity contribution in [3.8, 4) is 0 Å². The standard InChI is InChI=1S/C12H16ClF/c1-9(2)4-3-5-10-6-7-12(14)11(13)8-10/h6-9H,3-5H2,1-2H3. The van der Waals surface area contributed by atoms with Gasteiger partial charge in [-0.3, -0.25) is 0 Å². The molecule has 0 aliphatic heterocycles. The van der Waals surface area contributed by atoms with Crippen LogP contribution >= 0.6 is 11.6 Å². The zero-order chi connectivity index (χ0) is 10.6. The summed E-state index contributed by atoms with van der Waals surface area (Å²) in [6.45, 7) is 4.41. The van der Waals surface area contributed by atoms with Crippen LogP contribution in [0.15, 0.2) is 18.2 Å². The van der Waals surface area contributed by atoms with Crippen LogP contribution in [0.3, 0.4) is 0 Å². The first-order chi connectivity index (χ1) is 6.59. The van der Waals surface area contributed by atoms with Crippen LogP contribution in [0.2, 0.25) is 5.02 Å². The maximum absolute atomic E-state index is 12.8. The van der Waals surface area contributed by atoms with Gasteiger partial charge in [-0.2, -0.15) is 0 Å². The highest BCUT2D eigenvalue weighted by molar-refractivity contribution is 6.30. The average Bonchev–Trinajstić information content (AvgIpc) is 2.10. The van der Waals surface area contributed by atoms with Crippen LogP contribution in [0.4, 0.5) is 4.39 Å². The fraction of sp³-hybridized carbons (Fsp3) is 0.500. The summed E-state index contributed by atoms with van der Waals surface area (Å²) in [7, 11) is 0. The van der Waals surface area contributed by atoms with Crippen LogP contribution in [-0.2, 0) is 6.42 Å². The predicted octanol–water partition coefficient (Wildman–Crippen LogP) is 4.46. The SMILES string of the molecule is CC(C)CCCc1ccc(F)c(Cl)c1. The lowest BCUT2D eigenvalue weighted by molar-refractivity contribution is 0.555. The minimum absolute atomic E-state index is 0.229. The summed E-state index contributed by atoms with van der Waals surface area (Å²) in [4.78, 5) is 0. The molecule has 0 heterocycles. The van der Waals surface area contributed by atoms with Crippen LogP contribution in [0.1, 0.15) is 32.3 Å². The Hall–Kier alpha value is -0.560. The van der Waals surface area contributed by atoms with Gasteiger partial charge in [0, 0.05) is 0 Å². The molecule has 0 bridgehead atoms. The molecule has 0 saturated carbocycles. The molecule has 0 N–H and O–H groups in total. The molecule has 0 nitrogen and oxygen atoms in total. The summed E-state index contributed by atoms with van der Waals surface area (Å²) in [5.41, 5.74) is 1.12. The molecule has 0 amide bonds. The van der Waals surface area contributed by atoms with Gasteiger partial charge < -0.3 is 0 Å². The number of halogens is 2. The molecule has 0 spiro atoms. The summed E-state index contributed by atoms with van der Waals surface area (Å²) in [6, 6.07) is 4.96. The molecule has 78 valence electrons. The van der Waals surface area contributed by atoms with Crippen molar-refractivity contribution >= 4 is 11.6 Å². The Morgan fingerprint density at radius 1 is 1.36 bits per heavy atom. The normalized spacial score (nSPS) is 10.9. The van der Waals surface area contributed by atoms with Gasteiger partial charge in [-0.05, 0) is 36.5 Å². The van der Waals surface area contributed by atoms with Crippen molar-refractivity contribution in [2.75, 3.05) is 0 Å². The second-order valence-electron chi connectivity index (χ2n) is 4.03. The van der Waals surface area contributed by atoms with Crippen molar-refractivity contribution in [2.24, 2.45) is 5.92 Å². The van der Waals surface area contributed by atoms with Crippen LogP contribution in [0.25, 0.3) is 0 Å². The molecule has 0 radical (unpaired) electrons. The molecule has 1 aromatic carbocycles. The largest absolute Gasteiger partial charge is 0.205 e. The minimum Gasteiger partial charge on any atom is -0.205 e. The lowest BCUT2D eigenvalue weighted by Crippen LogP contribution is -1.91. The highest BCUT2D eigenvalue weighted by atomic mass is 35.5. The quantitative estimate of drug-likeness (QED) is 0.694. The topological polar surface area (TPSA) is 0 Å². The Labute approximate surface area is 90.1 Å².